The molecule has 2 rings (SSSR count). The van der Waals surface area contributed by atoms with E-state index in [4.69, 9.17) is 4.42 Å². The Labute approximate surface area is 105 Å². The van der Waals surface area contributed by atoms with Crippen LogP contribution in [-0.4, -0.2) is 21.9 Å². The van der Waals surface area contributed by atoms with Gasteiger partial charge in [0.15, 0.2) is 5.76 Å². The van der Waals surface area contributed by atoms with Gasteiger partial charge in [0.05, 0.1) is 17.6 Å². The van der Waals surface area contributed by atoms with Crippen LogP contribution in [0.5, 0.6) is 0 Å². The minimum atomic E-state index is -2.46. The fourth-order valence-corrected chi connectivity index (χ4v) is 1.68. The summed E-state index contributed by atoms with van der Waals surface area (Å²) in [5.74, 6) is -2.49. The van der Waals surface area contributed by atoms with Crippen LogP contribution in [0.3, 0.4) is 0 Å². The highest BCUT2D eigenvalue weighted by Crippen LogP contribution is 2.21. The lowest BCUT2D eigenvalue weighted by atomic mass is 10.4. The standard InChI is InChI=1S/C10H9F2N3O2S/c11-10(12)18-5-7-1-2-8(17-7)9(16)15-6-3-13-14-4-6/h1-4,10H,5H2,(H,13,14)(H,15,16). The Morgan fingerprint density at radius 1 is 1.56 bits per heavy atom. The van der Waals surface area contributed by atoms with E-state index in [0.717, 1.165) is 0 Å². The van der Waals surface area contributed by atoms with Gasteiger partial charge in [0.1, 0.15) is 5.76 Å². The molecule has 0 fully saturated rings. The highest BCUT2D eigenvalue weighted by molar-refractivity contribution is 7.98. The number of hydrogen-bond donors (Lipinski definition) is 2. The molecule has 2 aromatic heterocycles. The van der Waals surface area contributed by atoms with Crippen molar-refractivity contribution in [1.29, 1.82) is 0 Å². The van der Waals surface area contributed by atoms with Gasteiger partial charge in [-0.15, -0.1) is 0 Å². The zero-order valence-electron chi connectivity index (χ0n) is 9.02. The number of hydrogen-bond acceptors (Lipinski definition) is 4. The van der Waals surface area contributed by atoms with E-state index in [2.05, 4.69) is 15.5 Å². The molecule has 1 amide bonds. The number of halogens is 2. The number of H-pyrrole nitrogens is 1. The molecule has 0 aliphatic carbocycles. The molecule has 18 heavy (non-hydrogen) atoms. The lowest BCUT2D eigenvalue weighted by Crippen LogP contribution is -2.10. The Morgan fingerprint density at radius 3 is 3.06 bits per heavy atom. The summed E-state index contributed by atoms with van der Waals surface area (Å²) in [5, 5.41) is 8.74. The Morgan fingerprint density at radius 2 is 2.39 bits per heavy atom. The Hall–Kier alpha value is -1.83. The molecular formula is C10H9F2N3O2S. The molecule has 0 aromatic carbocycles. The third-order valence-electron chi connectivity index (χ3n) is 1.99. The maximum Gasteiger partial charge on any atom is 0.291 e. The highest BCUT2D eigenvalue weighted by Gasteiger charge is 2.13. The van der Waals surface area contributed by atoms with E-state index < -0.39 is 11.7 Å². The van der Waals surface area contributed by atoms with Gasteiger partial charge in [0.25, 0.3) is 11.7 Å². The van der Waals surface area contributed by atoms with E-state index in [1.165, 1.54) is 24.5 Å². The van der Waals surface area contributed by atoms with Crippen molar-refractivity contribution >= 4 is 23.4 Å². The summed E-state index contributed by atoms with van der Waals surface area (Å²) < 4.78 is 29.1. The fraction of sp³-hybridized carbons (Fsp3) is 0.200. The predicted molar refractivity (Wildman–Crippen MR) is 62.5 cm³/mol. The minimum Gasteiger partial charge on any atom is -0.455 e. The zero-order chi connectivity index (χ0) is 13.0. The van der Waals surface area contributed by atoms with Crippen molar-refractivity contribution in [2.45, 2.75) is 11.5 Å². The Bertz CT molecular complexity index is 513. The summed E-state index contributed by atoms with van der Waals surface area (Å²) in [6.45, 7) is 0. The van der Waals surface area contributed by atoms with Gasteiger partial charge >= 0.3 is 0 Å². The summed E-state index contributed by atoms with van der Waals surface area (Å²) in [5.41, 5.74) is 0.500. The first-order chi connectivity index (χ1) is 8.65. The SMILES string of the molecule is O=C(Nc1cn[nH]c1)c1ccc(CSC(F)F)o1. The zero-order valence-corrected chi connectivity index (χ0v) is 9.84. The van der Waals surface area contributed by atoms with Gasteiger partial charge in [0.2, 0.25) is 0 Å². The van der Waals surface area contributed by atoms with Crippen molar-refractivity contribution in [2.24, 2.45) is 0 Å². The second kappa shape index (κ2) is 5.67. The number of carbonyl (C=O) groups excluding carboxylic acids is 1. The van der Waals surface area contributed by atoms with Crippen molar-refractivity contribution in [3.63, 3.8) is 0 Å². The number of rotatable bonds is 5. The summed E-state index contributed by atoms with van der Waals surface area (Å²) in [6, 6.07) is 2.94. The number of carbonyl (C=O) groups is 1. The van der Waals surface area contributed by atoms with Crippen molar-refractivity contribution < 1.29 is 18.0 Å². The molecule has 0 saturated heterocycles. The first-order valence-electron chi connectivity index (χ1n) is 4.94. The topological polar surface area (TPSA) is 70.9 Å². The number of nitrogens with one attached hydrogen (secondary N) is 2. The van der Waals surface area contributed by atoms with Crippen LogP contribution in [0.1, 0.15) is 16.3 Å². The first-order valence-corrected chi connectivity index (χ1v) is 5.98. The molecule has 0 aliphatic heterocycles. The van der Waals surface area contributed by atoms with Crippen LogP contribution < -0.4 is 5.32 Å². The van der Waals surface area contributed by atoms with Gasteiger partial charge in [-0.3, -0.25) is 9.89 Å². The molecule has 0 saturated carbocycles. The predicted octanol–water partition coefficient (Wildman–Crippen LogP) is 2.71. The molecule has 2 N–H and O–H groups in total. The van der Waals surface area contributed by atoms with E-state index in [9.17, 15) is 13.6 Å². The number of thioether (sulfide) groups is 1. The van der Waals surface area contributed by atoms with E-state index in [1.54, 1.807) is 0 Å². The molecule has 0 aliphatic rings. The monoisotopic (exact) mass is 273 g/mol. The normalized spacial score (nSPS) is 10.8. The summed E-state index contributed by atoms with van der Waals surface area (Å²) >= 11 is 0.441. The third kappa shape index (κ3) is 3.33. The van der Waals surface area contributed by atoms with E-state index in [0.29, 0.717) is 23.2 Å². The molecular weight excluding hydrogens is 264 g/mol. The van der Waals surface area contributed by atoms with E-state index in [1.807, 2.05) is 0 Å². The lowest BCUT2D eigenvalue weighted by molar-refractivity contribution is 0.0995. The van der Waals surface area contributed by atoms with Gasteiger partial charge in [-0.2, -0.15) is 13.9 Å². The van der Waals surface area contributed by atoms with Crippen LogP contribution in [0.15, 0.2) is 28.9 Å². The lowest BCUT2D eigenvalue weighted by Gasteiger charge is -1.99. The molecule has 0 bridgehead atoms. The maximum absolute atomic E-state index is 12.0. The largest absolute Gasteiger partial charge is 0.455 e. The summed E-state index contributed by atoms with van der Waals surface area (Å²) in [7, 11) is 0. The Kier molecular flexibility index (Phi) is 3.98. The van der Waals surface area contributed by atoms with Crippen LogP contribution in [0, 0.1) is 0 Å². The van der Waals surface area contributed by atoms with Crippen molar-refractivity contribution in [1.82, 2.24) is 10.2 Å². The van der Waals surface area contributed by atoms with Crippen molar-refractivity contribution in [2.75, 3.05) is 5.32 Å². The molecule has 8 heteroatoms. The number of furan rings is 1. The minimum absolute atomic E-state index is 0.0245. The second-order valence-electron chi connectivity index (χ2n) is 3.28. The van der Waals surface area contributed by atoms with Gasteiger partial charge in [-0.25, -0.2) is 0 Å². The number of anilines is 1. The van der Waals surface area contributed by atoms with Crippen LogP contribution in [0.25, 0.3) is 0 Å². The molecule has 2 heterocycles. The average molecular weight is 273 g/mol. The molecule has 0 radical (unpaired) electrons. The number of alkyl halides is 2. The smallest absolute Gasteiger partial charge is 0.291 e. The number of aromatic nitrogens is 2. The van der Waals surface area contributed by atoms with Crippen LogP contribution in [-0.2, 0) is 5.75 Å². The first kappa shape index (κ1) is 12.6. The molecule has 96 valence electrons. The van der Waals surface area contributed by atoms with Crippen LogP contribution in [0.4, 0.5) is 14.5 Å². The molecule has 5 nitrogen and oxygen atoms in total. The van der Waals surface area contributed by atoms with Crippen LogP contribution >= 0.6 is 11.8 Å². The van der Waals surface area contributed by atoms with E-state index in [-0.39, 0.29) is 11.5 Å². The van der Waals surface area contributed by atoms with E-state index >= 15 is 0 Å². The molecule has 0 atom stereocenters. The Balaban J connectivity index is 1.94. The fourth-order valence-electron chi connectivity index (χ4n) is 1.23. The van der Waals surface area contributed by atoms with Crippen molar-refractivity contribution in [3.8, 4) is 0 Å². The number of nitrogens with zero attached hydrogens (tertiary/aromatic N) is 1. The summed E-state index contributed by atoms with van der Waals surface area (Å²) in [4.78, 5) is 11.7. The average Bonchev–Trinajstić information content (AvgIpc) is 2.96. The van der Waals surface area contributed by atoms with Crippen LogP contribution in [0.2, 0.25) is 0 Å². The molecule has 0 spiro atoms. The quantitative estimate of drug-likeness (QED) is 0.878. The third-order valence-corrected chi connectivity index (χ3v) is 2.70. The maximum atomic E-state index is 12.0. The van der Waals surface area contributed by atoms with Crippen molar-refractivity contribution in [3.05, 3.63) is 36.0 Å². The number of amides is 1. The van der Waals surface area contributed by atoms with Gasteiger partial charge < -0.3 is 9.73 Å². The molecule has 2 aromatic rings. The number of aromatic amines is 1. The second-order valence-corrected chi connectivity index (χ2v) is 4.26. The molecule has 0 unspecified atom stereocenters. The highest BCUT2D eigenvalue weighted by atomic mass is 32.2. The summed E-state index contributed by atoms with van der Waals surface area (Å²) in [6.07, 6.45) is 2.95. The van der Waals surface area contributed by atoms with Gasteiger partial charge in [-0.05, 0) is 12.1 Å². The van der Waals surface area contributed by atoms with Gasteiger partial charge in [-0.1, -0.05) is 11.8 Å². The van der Waals surface area contributed by atoms with Gasteiger partial charge in [0, 0.05) is 6.20 Å².